The maximum absolute atomic E-state index is 13.3. The Bertz CT molecular complexity index is 791. The van der Waals surface area contributed by atoms with Crippen molar-refractivity contribution < 1.29 is 18.7 Å². The van der Waals surface area contributed by atoms with E-state index in [1.54, 1.807) is 6.07 Å². The molecule has 21 heavy (non-hydrogen) atoms. The predicted molar refractivity (Wildman–Crippen MR) is 76.0 cm³/mol. The Morgan fingerprint density at radius 2 is 2.33 bits per heavy atom. The molecule has 0 radical (unpaired) electrons. The molecule has 7 heteroatoms. The maximum Gasteiger partial charge on any atom is 0.317 e. The van der Waals surface area contributed by atoms with Gasteiger partial charge in [-0.1, -0.05) is 11.3 Å². The third-order valence-corrected chi connectivity index (χ3v) is 4.06. The van der Waals surface area contributed by atoms with Crippen molar-refractivity contribution in [2.24, 2.45) is 4.99 Å². The summed E-state index contributed by atoms with van der Waals surface area (Å²) in [6, 6.07) is 4.52. The van der Waals surface area contributed by atoms with E-state index in [1.165, 1.54) is 29.7 Å². The molecule has 5 nitrogen and oxygen atoms in total. The summed E-state index contributed by atoms with van der Waals surface area (Å²) >= 11 is 1.27. The zero-order valence-electron chi connectivity index (χ0n) is 11.3. The molecule has 2 aromatic rings. The van der Waals surface area contributed by atoms with Gasteiger partial charge in [-0.2, -0.15) is 4.99 Å². The second-order valence-corrected chi connectivity index (χ2v) is 5.37. The summed E-state index contributed by atoms with van der Waals surface area (Å²) < 4.78 is 26.2. The van der Waals surface area contributed by atoms with E-state index in [9.17, 15) is 9.18 Å². The number of ether oxygens (including phenoxy) is 2. The lowest BCUT2D eigenvalue weighted by Crippen LogP contribution is -2.19. The lowest BCUT2D eigenvalue weighted by Gasteiger charge is -2.12. The van der Waals surface area contributed by atoms with Crippen molar-refractivity contribution in [3.05, 3.63) is 40.8 Å². The molecule has 110 valence electrons. The van der Waals surface area contributed by atoms with E-state index in [-0.39, 0.29) is 11.6 Å². The molecule has 0 aliphatic carbocycles. The number of carbonyl (C=O) groups excluding carboxylic acids is 1. The average Bonchev–Trinajstić information content (AvgIpc) is 2.84. The fraction of sp³-hybridized carbons (Fsp3) is 0.286. The van der Waals surface area contributed by atoms with Crippen molar-refractivity contribution >= 4 is 27.5 Å². The van der Waals surface area contributed by atoms with Crippen LogP contribution in [0.25, 0.3) is 10.2 Å². The summed E-state index contributed by atoms with van der Waals surface area (Å²) in [7, 11) is 0. The first-order valence-corrected chi connectivity index (χ1v) is 7.33. The first kappa shape index (κ1) is 13.8. The smallest absolute Gasteiger partial charge is 0.317 e. The van der Waals surface area contributed by atoms with Gasteiger partial charge in [0.15, 0.2) is 4.80 Å². The molecule has 0 bridgehead atoms. The molecule has 0 atom stereocenters. The van der Waals surface area contributed by atoms with Gasteiger partial charge in [0.2, 0.25) is 5.76 Å². The largest absolute Gasteiger partial charge is 0.494 e. The molecule has 3 rings (SSSR count). The van der Waals surface area contributed by atoms with Crippen LogP contribution in [0.15, 0.2) is 35.2 Å². The van der Waals surface area contributed by atoms with Gasteiger partial charge >= 0.3 is 5.91 Å². The maximum atomic E-state index is 13.3. The molecule has 0 fully saturated rings. The number of fused-ring (bicyclic) bond motifs is 1. The Labute approximate surface area is 123 Å². The number of halogens is 1. The molecular formula is C14H13FN2O3S. The molecular weight excluding hydrogens is 295 g/mol. The minimum absolute atomic E-state index is 0.0903. The average molecular weight is 308 g/mol. The van der Waals surface area contributed by atoms with Crippen LogP contribution in [0.1, 0.15) is 6.92 Å². The third kappa shape index (κ3) is 2.69. The minimum atomic E-state index is -0.496. The van der Waals surface area contributed by atoms with Crippen LogP contribution in [-0.2, 0) is 20.8 Å². The fourth-order valence-corrected chi connectivity index (χ4v) is 3.18. The second kappa shape index (κ2) is 5.69. The molecule has 1 amide bonds. The Kier molecular flexibility index (Phi) is 3.74. The number of rotatable bonds is 2. The van der Waals surface area contributed by atoms with E-state index in [0.717, 1.165) is 10.2 Å². The molecule has 0 unspecified atom stereocenters. The van der Waals surface area contributed by atoms with Crippen LogP contribution < -0.4 is 4.80 Å². The van der Waals surface area contributed by atoms with Gasteiger partial charge in [-0.3, -0.25) is 4.79 Å². The number of aryl methyl sites for hydroxylation is 1. The van der Waals surface area contributed by atoms with Crippen LogP contribution in [0.4, 0.5) is 4.39 Å². The number of thiazole rings is 1. The Hall–Kier alpha value is -2.15. The summed E-state index contributed by atoms with van der Waals surface area (Å²) in [5.74, 6) is -0.715. The first-order valence-electron chi connectivity index (χ1n) is 6.51. The van der Waals surface area contributed by atoms with E-state index >= 15 is 0 Å². The third-order valence-electron chi connectivity index (χ3n) is 3.02. The van der Waals surface area contributed by atoms with Crippen LogP contribution in [0.2, 0.25) is 0 Å². The van der Waals surface area contributed by atoms with Gasteiger partial charge in [0, 0.05) is 6.54 Å². The summed E-state index contributed by atoms with van der Waals surface area (Å²) in [6.45, 7) is 3.33. The Morgan fingerprint density at radius 1 is 1.48 bits per heavy atom. The van der Waals surface area contributed by atoms with E-state index in [4.69, 9.17) is 9.47 Å². The van der Waals surface area contributed by atoms with Gasteiger partial charge in [0.25, 0.3) is 0 Å². The Balaban J connectivity index is 2.08. The number of carbonyl (C=O) groups is 1. The molecule has 0 spiro atoms. The minimum Gasteiger partial charge on any atom is -0.494 e. The lowest BCUT2D eigenvalue weighted by atomic mass is 10.3. The van der Waals surface area contributed by atoms with Gasteiger partial charge in [0.05, 0.1) is 10.2 Å². The van der Waals surface area contributed by atoms with Gasteiger partial charge < -0.3 is 14.0 Å². The summed E-state index contributed by atoms with van der Waals surface area (Å²) in [6.07, 6.45) is 1.28. The van der Waals surface area contributed by atoms with Gasteiger partial charge in [-0.05, 0) is 25.1 Å². The highest BCUT2D eigenvalue weighted by atomic mass is 32.1. The molecule has 1 aliphatic heterocycles. The van der Waals surface area contributed by atoms with Crippen molar-refractivity contribution in [3.8, 4) is 0 Å². The number of hydrogen-bond acceptors (Lipinski definition) is 4. The highest BCUT2D eigenvalue weighted by molar-refractivity contribution is 7.16. The van der Waals surface area contributed by atoms with Gasteiger partial charge in [-0.15, -0.1) is 0 Å². The van der Waals surface area contributed by atoms with Crippen LogP contribution in [-0.4, -0.2) is 23.7 Å². The van der Waals surface area contributed by atoms with E-state index in [0.29, 0.717) is 24.6 Å². The quantitative estimate of drug-likeness (QED) is 0.854. The number of hydrogen-bond donors (Lipinski definition) is 0. The van der Waals surface area contributed by atoms with Crippen molar-refractivity contribution in [1.82, 2.24) is 4.57 Å². The van der Waals surface area contributed by atoms with E-state index in [2.05, 4.69) is 4.99 Å². The molecule has 0 saturated carbocycles. The molecule has 1 aromatic carbocycles. The van der Waals surface area contributed by atoms with E-state index < -0.39 is 5.91 Å². The first-order chi connectivity index (χ1) is 10.2. The summed E-state index contributed by atoms with van der Waals surface area (Å²) in [5.41, 5.74) is 0.852. The summed E-state index contributed by atoms with van der Waals surface area (Å²) in [5, 5.41) is 0. The zero-order valence-corrected chi connectivity index (χ0v) is 12.2. The Morgan fingerprint density at radius 3 is 3.05 bits per heavy atom. The molecule has 2 heterocycles. The topological polar surface area (TPSA) is 52.8 Å². The summed E-state index contributed by atoms with van der Waals surface area (Å²) in [4.78, 5) is 16.6. The monoisotopic (exact) mass is 308 g/mol. The van der Waals surface area contributed by atoms with Crippen molar-refractivity contribution in [2.75, 3.05) is 13.2 Å². The standard InChI is InChI=1S/C14H13FN2O3S/c1-2-17-10-4-3-9(15)7-12(10)21-14(17)16-13(18)11-8-19-5-6-20-11/h3-4,7-8H,2,5-6H2,1H3. The van der Waals surface area contributed by atoms with Gasteiger partial charge in [0.1, 0.15) is 25.3 Å². The second-order valence-electron chi connectivity index (χ2n) is 4.36. The number of aromatic nitrogens is 1. The van der Waals surface area contributed by atoms with Crippen molar-refractivity contribution in [1.29, 1.82) is 0 Å². The highest BCUT2D eigenvalue weighted by Crippen LogP contribution is 2.18. The SMILES string of the molecule is CCn1c(=NC(=O)C2=COCCO2)sc2cc(F)ccc21. The van der Waals surface area contributed by atoms with Crippen LogP contribution in [0.3, 0.4) is 0 Å². The van der Waals surface area contributed by atoms with Crippen LogP contribution in [0.5, 0.6) is 0 Å². The zero-order chi connectivity index (χ0) is 14.8. The van der Waals surface area contributed by atoms with Crippen molar-refractivity contribution in [2.45, 2.75) is 13.5 Å². The van der Waals surface area contributed by atoms with Crippen LogP contribution in [0, 0.1) is 5.82 Å². The molecule has 0 saturated heterocycles. The van der Waals surface area contributed by atoms with Crippen LogP contribution >= 0.6 is 11.3 Å². The number of amides is 1. The number of benzene rings is 1. The molecule has 1 aliphatic rings. The fourth-order valence-electron chi connectivity index (χ4n) is 2.06. The van der Waals surface area contributed by atoms with E-state index in [1.807, 2.05) is 11.5 Å². The predicted octanol–water partition coefficient (Wildman–Crippen LogP) is 2.18. The molecule has 0 N–H and O–H groups in total. The van der Waals surface area contributed by atoms with Crippen molar-refractivity contribution in [3.63, 3.8) is 0 Å². The number of nitrogens with zero attached hydrogens (tertiary/aromatic N) is 2. The normalized spacial score (nSPS) is 15.5. The lowest BCUT2D eigenvalue weighted by molar-refractivity contribution is -0.119. The highest BCUT2D eigenvalue weighted by Gasteiger charge is 2.15. The molecule has 1 aromatic heterocycles. The van der Waals surface area contributed by atoms with Gasteiger partial charge in [-0.25, -0.2) is 4.39 Å².